The van der Waals surface area contributed by atoms with Crippen LogP contribution < -0.4 is 0 Å². The van der Waals surface area contributed by atoms with E-state index in [0.29, 0.717) is 6.04 Å². The maximum atomic E-state index is 13.7. The molecule has 1 unspecified atom stereocenters. The second-order valence-corrected chi connectivity index (χ2v) is 5.65. The van der Waals surface area contributed by atoms with Crippen molar-refractivity contribution >= 4 is 0 Å². The van der Waals surface area contributed by atoms with Gasteiger partial charge < -0.3 is 0 Å². The van der Waals surface area contributed by atoms with Gasteiger partial charge in [-0.1, -0.05) is 43.3 Å². The Bertz CT molecular complexity index is 559. The highest BCUT2D eigenvalue weighted by Gasteiger charge is 2.21. The Kier molecular flexibility index (Phi) is 5.13. The van der Waals surface area contributed by atoms with Crippen LogP contribution in [-0.4, -0.2) is 11.4 Å². The molecule has 1 nitrogen and oxygen atoms in total. The summed E-state index contributed by atoms with van der Waals surface area (Å²) in [5.41, 5.74) is 3.30. The third-order valence-corrected chi connectivity index (χ3v) is 4.19. The van der Waals surface area contributed by atoms with Crippen LogP contribution in [0.1, 0.15) is 49.5 Å². The predicted molar refractivity (Wildman–Crippen MR) is 86.8 cm³/mol. The van der Waals surface area contributed by atoms with E-state index in [0.717, 1.165) is 17.7 Å². The number of nitrogens with zero attached hydrogens (tertiary/aromatic N) is 1. The van der Waals surface area contributed by atoms with E-state index in [-0.39, 0.29) is 11.9 Å². The van der Waals surface area contributed by atoms with Crippen LogP contribution in [0.4, 0.5) is 4.39 Å². The molecule has 0 spiro atoms. The molecule has 0 N–H and O–H groups in total. The Morgan fingerprint density at radius 1 is 0.952 bits per heavy atom. The SMILES string of the molecule is CCN(C(C)c1cc(C)cc(F)c1)[C@H](C)c1ccccc1. The van der Waals surface area contributed by atoms with Crippen LogP contribution in [0.25, 0.3) is 0 Å². The molecule has 0 amide bonds. The van der Waals surface area contributed by atoms with E-state index in [4.69, 9.17) is 0 Å². The molecule has 2 heteroatoms. The van der Waals surface area contributed by atoms with E-state index in [2.05, 4.69) is 56.0 Å². The number of rotatable bonds is 5. The minimum Gasteiger partial charge on any atom is -0.290 e. The fourth-order valence-electron chi connectivity index (χ4n) is 3.00. The largest absolute Gasteiger partial charge is 0.290 e. The zero-order valence-electron chi connectivity index (χ0n) is 13.3. The van der Waals surface area contributed by atoms with E-state index in [9.17, 15) is 4.39 Å². The van der Waals surface area contributed by atoms with Crippen molar-refractivity contribution < 1.29 is 4.39 Å². The topological polar surface area (TPSA) is 3.24 Å². The van der Waals surface area contributed by atoms with Crippen molar-refractivity contribution in [1.29, 1.82) is 0 Å². The lowest BCUT2D eigenvalue weighted by atomic mass is 10.00. The summed E-state index contributed by atoms with van der Waals surface area (Å²) in [6.45, 7) is 9.38. The minimum absolute atomic E-state index is 0.153. The summed E-state index contributed by atoms with van der Waals surface area (Å²) < 4.78 is 13.7. The highest BCUT2D eigenvalue weighted by molar-refractivity contribution is 5.27. The fraction of sp³-hybridized carbons (Fsp3) is 0.368. The molecule has 0 aromatic heterocycles. The van der Waals surface area contributed by atoms with E-state index < -0.39 is 0 Å². The second-order valence-electron chi connectivity index (χ2n) is 5.65. The van der Waals surface area contributed by atoms with Crippen molar-refractivity contribution in [2.24, 2.45) is 0 Å². The maximum absolute atomic E-state index is 13.7. The van der Waals surface area contributed by atoms with Gasteiger partial charge in [-0.25, -0.2) is 4.39 Å². The number of halogens is 1. The van der Waals surface area contributed by atoms with Crippen molar-refractivity contribution in [3.8, 4) is 0 Å². The molecule has 2 aromatic rings. The van der Waals surface area contributed by atoms with Gasteiger partial charge in [-0.05, 0) is 56.1 Å². The van der Waals surface area contributed by atoms with Gasteiger partial charge >= 0.3 is 0 Å². The molecular weight excluding hydrogens is 261 g/mol. The molecule has 2 aromatic carbocycles. The van der Waals surface area contributed by atoms with Gasteiger partial charge in [0.25, 0.3) is 0 Å². The lowest BCUT2D eigenvalue weighted by molar-refractivity contribution is 0.163. The van der Waals surface area contributed by atoms with E-state index in [1.54, 1.807) is 12.1 Å². The van der Waals surface area contributed by atoms with Crippen LogP contribution in [-0.2, 0) is 0 Å². The van der Waals surface area contributed by atoms with Crippen LogP contribution in [0.3, 0.4) is 0 Å². The lowest BCUT2D eigenvalue weighted by Crippen LogP contribution is -2.30. The lowest BCUT2D eigenvalue weighted by Gasteiger charge is -2.34. The molecule has 0 saturated carbocycles. The van der Waals surface area contributed by atoms with Gasteiger partial charge in [-0.2, -0.15) is 0 Å². The summed E-state index contributed by atoms with van der Waals surface area (Å²) in [7, 11) is 0. The van der Waals surface area contributed by atoms with Gasteiger partial charge in [0.2, 0.25) is 0 Å². The number of benzene rings is 2. The monoisotopic (exact) mass is 285 g/mol. The summed E-state index contributed by atoms with van der Waals surface area (Å²) in [5, 5.41) is 0. The molecule has 0 aliphatic heterocycles. The van der Waals surface area contributed by atoms with Gasteiger partial charge in [0, 0.05) is 12.1 Å². The van der Waals surface area contributed by atoms with Crippen LogP contribution in [0, 0.1) is 12.7 Å². The minimum atomic E-state index is -0.153. The van der Waals surface area contributed by atoms with E-state index in [1.165, 1.54) is 5.56 Å². The van der Waals surface area contributed by atoms with Crippen molar-refractivity contribution in [3.63, 3.8) is 0 Å². The Labute approximate surface area is 127 Å². The predicted octanol–water partition coefficient (Wildman–Crippen LogP) is 5.28. The third kappa shape index (κ3) is 3.70. The zero-order valence-corrected chi connectivity index (χ0v) is 13.3. The quantitative estimate of drug-likeness (QED) is 0.722. The Hall–Kier alpha value is -1.67. The van der Waals surface area contributed by atoms with Gasteiger partial charge in [-0.15, -0.1) is 0 Å². The van der Waals surface area contributed by atoms with Crippen molar-refractivity contribution in [2.45, 2.75) is 39.8 Å². The van der Waals surface area contributed by atoms with E-state index >= 15 is 0 Å². The molecule has 21 heavy (non-hydrogen) atoms. The molecule has 0 aliphatic rings. The van der Waals surface area contributed by atoms with Crippen LogP contribution in [0.15, 0.2) is 48.5 Å². The first kappa shape index (κ1) is 15.7. The molecular formula is C19H24FN. The molecule has 112 valence electrons. The van der Waals surface area contributed by atoms with Crippen molar-refractivity contribution in [2.75, 3.05) is 6.54 Å². The first-order valence-electron chi connectivity index (χ1n) is 7.60. The van der Waals surface area contributed by atoms with Gasteiger partial charge in [0.05, 0.1) is 0 Å². The van der Waals surface area contributed by atoms with Crippen LogP contribution in [0.2, 0.25) is 0 Å². The van der Waals surface area contributed by atoms with Gasteiger partial charge in [0.15, 0.2) is 0 Å². The molecule has 2 rings (SSSR count). The Morgan fingerprint density at radius 3 is 2.14 bits per heavy atom. The first-order chi connectivity index (χ1) is 10.0. The zero-order chi connectivity index (χ0) is 15.4. The molecule has 0 saturated heterocycles. The highest BCUT2D eigenvalue weighted by atomic mass is 19.1. The number of hydrogen-bond acceptors (Lipinski definition) is 1. The summed E-state index contributed by atoms with van der Waals surface area (Å²) in [6.07, 6.45) is 0. The summed E-state index contributed by atoms with van der Waals surface area (Å²) in [5.74, 6) is -0.153. The molecule has 0 bridgehead atoms. The molecule has 0 aliphatic carbocycles. The van der Waals surface area contributed by atoms with Gasteiger partial charge in [0.1, 0.15) is 5.82 Å². The highest BCUT2D eigenvalue weighted by Crippen LogP contribution is 2.30. The average Bonchev–Trinajstić information content (AvgIpc) is 2.47. The van der Waals surface area contributed by atoms with Crippen LogP contribution in [0.5, 0.6) is 0 Å². The van der Waals surface area contributed by atoms with Crippen molar-refractivity contribution in [1.82, 2.24) is 4.90 Å². The average molecular weight is 285 g/mol. The fourth-order valence-corrected chi connectivity index (χ4v) is 3.00. The molecule has 0 heterocycles. The van der Waals surface area contributed by atoms with E-state index in [1.807, 2.05) is 13.0 Å². The Balaban J connectivity index is 2.28. The van der Waals surface area contributed by atoms with Crippen molar-refractivity contribution in [3.05, 3.63) is 71.0 Å². The second kappa shape index (κ2) is 6.86. The van der Waals surface area contributed by atoms with Gasteiger partial charge in [-0.3, -0.25) is 4.90 Å². The summed E-state index contributed by atoms with van der Waals surface area (Å²) in [6, 6.07) is 16.3. The smallest absolute Gasteiger partial charge is 0.123 e. The number of aryl methyl sites for hydroxylation is 1. The molecule has 0 fully saturated rings. The number of hydrogen-bond donors (Lipinski definition) is 0. The summed E-state index contributed by atoms with van der Waals surface area (Å²) in [4.78, 5) is 2.39. The normalized spacial score (nSPS) is 14.2. The summed E-state index contributed by atoms with van der Waals surface area (Å²) >= 11 is 0. The molecule has 0 radical (unpaired) electrons. The molecule has 2 atom stereocenters. The third-order valence-electron chi connectivity index (χ3n) is 4.19. The first-order valence-corrected chi connectivity index (χ1v) is 7.60. The Morgan fingerprint density at radius 2 is 1.57 bits per heavy atom. The van der Waals surface area contributed by atoms with Crippen LogP contribution >= 0.6 is 0 Å². The standard InChI is InChI=1S/C19H24FN/c1-5-21(15(3)17-9-7-6-8-10-17)16(4)18-11-14(2)12-19(20)13-18/h6-13,15-16H,5H2,1-4H3/t15-,16?/m1/s1. The maximum Gasteiger partial charge on any atom is 0.123 e.